The van der Waals surface area contributed by atoms with Gasteiger partial charge in [-0.3, -0.25) is 9.88 Å². The molecule has 1 aliphatic rings. The van der Waals surface area contributed by atoms with E-state index in [0.29, 0.717) is 0 Å². The number of piperidine rings is 1. The third-order valence-electron chi connectivity index (χ3n) is 6.24. The maximum absolute atomic E-state index is 5.24. The minimum absolute atomic E-state index is 0.723. The Morgan fingerprint density at radius 3 is 2.57 bits per heavy atom. The first kappa shape index (κ1) is 21.0. The first-order valence-corrected chi connectivity index (χ1v) is 11.0. The monoisotopic (exact) mass is 407 g/mol. The Morgan fingerprint density at radius 2 is 1.83 bits per heavy atom. The van der Waals surface area contributed by atoms with Gasteiger partial charge in [0.1, 0.15) is 5.82 Å². The van der Waals surface area contributed by atoms with Gasteiger partial charge in [0.05, 0.1) is 24.2 Å². The second-order valence-corrected chi connectivity index (χ2v) is 8.38. The Hall–Kier alpha value is -2.28. The largest absolute Gasteiger partial charge is 0.383 e. The van der Waals surface area contributed by atoms with Gasteiger partial charge in [-0.1, -0.05) is 12.1 Å². The second-order valence-electron chi connectivity index (χ2n) is 8.38. The number of aromatic nitrogens is 3. The van der Waals surface area contributed by atoms with Crippen molar-refractivity contribution in [3.63, 3.8) is 0 Å². The van der Waals surface area contributed by atoms with Gasteiger partial charge in [0.25, 0.3) is 0 Å². The van der Waals surface area contributed by atoms with Crippen molar-refractivity contribution < 1.29 is 4.74 Å². The number of fused-ring (bicyclic) bond motifs is 1. The fraction of sp³-hybridized carbons (Fsp3) is 0.500. The Kier molecular flexibility index (Phi) is 7.10. The number of hydrogen-bond donors (Lipinski definition) is 0. The lowest BCUT2D eigenvalue weighted by atomic mass is 9.96. The number of benzene rings is 1. The molecule has 0 amide bonds. The normalized spacial score (nSPS) is 16.0. The van der Waals surface area contributed by atoms with E-state index in [4.69, 9.17) is 9.72 Å². The molecule has 2 aromatic heterocycles. The van der Waals surface area contributed by atoms with E-state index in [1.165, 1.54) is 37.0 Å². The number of hydrogen-bond acceptors (Lipinski definition) is 5. The highest BCUT2D eigenvalue weighted by Crippen LogP contribution is 2.22. The van der Waals surface area contributed by atoms with Crippen molar-refractivity contribution in [2.75, 3.05) is 39.9 Å². The van der Waals surface area contributed by atoms with Crippen molar-refractivity contribution in [2.24, 2.45) is 13.0 Å². The molecule has 1 saturated heterocycles. The van der Waals surface area contributed by atoms with E-state index >= 15 is 0 Å². The standard InChI is InChI=1S/C24H33N5O/c1-27-23-6-4-3-5-22(23)26-24(27)19-29(17-20-7-11-25-12-8-20)18-21-9-13-28(14-10-21)15-16-30-2/h3-8,11-12,21H,9-10,13-19H2,1-2H3. The van der Waals surface area contributed by atoms with Crippen molar-refractivity contribution in [2.45, 2.75) is 25.9 Å². The van der Waals surface area contributed by atoms with Crippen LogP contribution in [0.3, 0.4) is 0 Å². The number of pyridine rings is 1. The summed E-state index contributed by atoms with van der Waals surface area (Å²) in [5, 5.41) is 0. The van der Waals surface area contributed by atoms with Gasteiger partial charge in [-0.25, -0.2) is 4.98 Å². The van der Waals surface area contributed by atoms with Crippen LogP contribution in [0, 0.1) is 5.92 Å². The van der Waals surface area contributed by atoms with Crippen molar-refractivity contribution >= 4 is 11.0 Å². The Balaban J connectivity index is 1.45. The zero-order chi connectivity index (χ0) is 20.8. The zero-order valence-corrected chi connectivity index (χ0v) is 18.2. The van der Waals surface area contributed by atoms with Gasteiger partial charge in [-0.2, -0.15) is 0 Å². The Morgan fingerprint density at radius 1 is 1.07 bits per heavy atom. The number of rotatable bonds is 9. The number of likely N-dealkylation sites (tertiary alicyclic amines) is 1. The van der Waals surface area contributed by atoms with E-state index in [2.05, 4.69) is 62.8 Å². The predicted molar refractivity (Wildman–Crippen MR) is 120 cm³/mol. The van der Waals surface area contributed by atoms with Crippen LogP contribution < -0.4 is 0 Å². The van der Waals surface area contributed by atoms with E-state index in [0.717, 1.165) is 50.0 Å². The highest BCUT2D eigenvalue weighted by atomic mass is 16.5. The number of ether oxygens (including phenoxy) is 1. The van der Waals surface area contributed by atoms with Crippen LogP contribution in [0.15, 0.2) is 48.8 Å². The summed E-state index contributed by atoms with van der Waals surface area (Å²) in [5.74, 6) is 1.85. The van der Waals surface area contributed by atoms with Crippen molar-refractivity contribution in [1.29, 1.82) is 0 Å². The maximum Gasteiger partial charge on any atom is 0.123 e. The number of imidazole rings is 1. The summed E-state index contributed by atoms with van der Waals surface area (Å²) in [5.41, 5.74) is 3.58. The molecule has 6 heteroatoms. The quantitative estimate of drug-likeness (QED) is 0.544. The van der Waals surface area contributed by atoms with E-state index in [1.807, 2.05) is 12.4 Å². The fourth-order valence-electron chi connectivity index (χ4n) is 4.45. The van der Waals surface area contributed by atoms with Crippen molar-refractivity contribution in [3.05, 3.63) is 60.2 Å². The smallest absolute Gasteiger partial charge is 0.123 e. The molecule has 4 rings (SSSR count). The van der Waals surface area contributed by atoms with Crippen LogP contribution in [0.25, 0.3) is 11.0 Å². The first-order chi connectivity index (χ1) is 14.7. The molecule has 3 heterocycles. The molecule has 0 saturated carbocycles. The second kappa shape index (κ2) is 10.2. The third kappa shape index (κ3) is 5.25. The molecule has 0 bridgehead atoms. The van der Waals surface area contributed by atoms with E-state index in [9.17, 15) is 0 Å². The summed E-state index contributed by atoms with van der Waals surface area (Å²) in [6, 6.07) is 12.6. The molecule has 0 radical (unpaired) electrons. The molecule has 30 heavy (non-hydrogen) atoms. The van der Waals surface area contributed by atoms with Crippen LogP contribution in [-0.4, -0.2) is 64.2 Å². The molecule has 0 spiro atoms. The maximum atomic E-state index is 5.24. The van der Waals surface area contributed by atoms with Gasteiger partial charge in [-0.15, -0.1) is 0 Å². The van der Waals surface area contributed by atoms with E-state index < -0.39 is 0 Å². The minimum Gasteiger partial charge on any atom is -0.383 e. The molecule has 0 N–H and O–H groups in total. The van der Waals surface area contributed by atoms with Crippen LogP contribution in [0.4, 0.5) is 0 Å². The highest BCUT2D eigenvalue weighted by Gasteiger charge is 2.22. The molecule has 3 aromatic rings. The lowest BCUT2D eigenvalue weighted by molar-refractivity contribution is 0.103. The molecular formula is C24H33N5O. The summed E-state index contributed by atoms with van der Waals surface area (Å²) >= 11 is 0. The molecule has 1 aromatic carbocycles. The van der Waals surface area contributed by atoms with Crippen LogP contribution >= 0.6 is 0 Å². The molecule has 1 aliphatic heterocycles. The average molecular weight is 408 g/mol. The number of aryl methyl sites for hydroxylation is 1. The molecular weight excluding hydrogens is 374 g/mol. The summed E-state index contributed by atoms with van der Waals surface area (Å²) < 4.78 is 7.48. The summed E-state index contributed by atoms with van der Waals surface area (Å²) in [4.78, 5) is 14.2. The van der Waals surface area contributed by atoms with Gasteiger partial charge in [0.15, 0.2) is 0 Å². The topological polar surface area (TPSA) is 46.4 Å². The van der Waals surface area contributed by atoms with Crippen LogP contribution in [0.2, 0.25) is 0 Å². The third-order valence-corrected chi connectivity index (χ3v) is 6.24. The summed E-state index contributed by atoms with van der Waals surface area (Å²) in [7, 11) is 3.91. The molecule has 0 atom stereocenters. The lowest BCUT2D eigenvalue weighted by Gasteiger charge is -2.34. The lowest BCUT2D eigenvalue weighted by Crippen LogP contribution is -2.39. The minimum atomic E-state index is 0.723. The Labute approximate surface area is 179 Å². The molecule has 6 nitrogen and oxygen atoms in total. The predicted octanol–water partition coefficient (Wildman–Crippen LogP) is 3.33. The highest BCUT2D eigenvalue weighted by molar-refractivity contribution is 5.75. The van der Waals surface area contributed by atoms with Gasteiger partial charge in [0.2, 0.25) is 0 Å². The van der Waals surface area contributed by atoms with Gasteiger partial charge >= 0.3 is 0 Å². The van der Waals surface area contributed by atoms with Gasteiger partial charge in [0, 0.05) is 46.2 Å². The number of nitrogens with zero attached hydrogens (tertiary/aromatic N) is 5. The average Bonchev–Trinajstić information content (AvgIpc) is 3.09. The van der Waals surface area contributed by atoms with E-state index in [1.54, 1.807) is 7.11 Å². The molecule has 0 aliphatic carbocycles. The van der Waals surface area contributed by atoms with Crippen LogP contribution in [0.5, 0.6) is 0 Å². The Bertz CT molecular complexity index is 918. The number of para-hydroxylation sites is 2. The SMILES string of the molecule is COCCN1CCC(CN(Cc2ccncc2)Cc2nc3ccccc3n2C)CC1. The summed E-state index contributed by atoms with van der Waals surface area (Å²) in [6.45, 7) is 7.10. The fourth-order valence-corrected chi connectivity index (χ4v) is 4.45. The van der Waals surface area contributed by atoms with Crippen LogP contribution in [-0.2, 0) is 24.9 Å². The van der Waals surface area contributed by atoms with Crippen molar-refractivity contribution in [3.8, 4) is 0 Å². The van der Waals surface area contributed by atoms with Crippen LogP contribution in [0.1, 0.15) is 24.2 Å². The van der Waals surface area contributed by atoms with Crippen molar-refractivity contribution in [1.82, 2.24) is 24.3 Å². The first-order valence-electron chi connectivity index (χ1n) is 11.0. The van der Waals surface area contributed by atoms with E-state index in [-0.39, 0.29) is 0 Å². The number of methoxy groups -OCH3 is 1. The zero-order valence-electron chi connectivity index (χ0n) is 18.2. The molecule has 1 fully saturated rings. The molecule has 160 valence electrons. The summed E-state index contributed by atoms with van der Waals surface area (Å²) in [6.07, 6.45) is 6.27. The van der Waals surface area contributed by atoms with Gasteiger partial charge < -0.3 is 14.2 Å². The molecule has 0 unspecified atom stereocenters. The van der Waals surface area contributed by atoms with Gasteiger partial charge in [-0.05, 0) is 61.7 Å².